The molecule has 0 saturated carbocycles. The SMILES string of the molecule is CC1CCNC(C(C)(C)C)CN1Cc1cccc(F)c1Br. The number of nitrogens with zero attached hydrogens (tertiary/aromatic N) is 1. The van der Waals surface area contributed by atoms with E-state index in [2.05, 4.69) is 53.8 Å². The van der Waals surface area contributed by atoms with Gasteiger partial charge in [-0.1, -0.05) is 32.9 Å². The Labute approximate surface area is 136 Å². The number of benzene rings is 1. The second-order valence-corrected chi connectivity index (χ2v) is 7.95. The topological polar surface area (TPSA) is 15.3 Å². The van der Waals surface area contributed by atoms with Crippen molar-refractivity contribution < 1.29 is 4.39 Å². The minimum absolute atomic E-state index is 0.180. The van der Waals surface area contributed by atoms with Gasteiger partial charge >= 0.3 is 0 Å². The normalized spacial score (nSPS) is 24.9. The molecule has 1 aliphatic heterocycles. The Morgan fingerprint density at radius 3 is 2.76 bits per heavy atom. The first-order chi connectivity index (χ1) is 9.79. The molecule has 1 heterocycles. The first-order valence-corrected chi connectivity index (χ1v) is 8.48. The second kappa shape index (κ2) is 6.76. The van der Waals surface area contributed by atoms with Crippen LogP contribution in [0.25, 0.3) is 0 Å². The molecule has 0 radical (unpaired) electrons. The van der Waals surface area contributed by atoms with Crippen LogP contribution in [0.2, 0.25) is 0 Å². The highest BCUT2D eigenvalue weighted by atomic mass is 79.9. The molecule has 0 bridgehead atoms. The third kappa shape index (κ3) is 4.27. The van der Waals surface area contributed by atoms with Crippen LogP contribution in [0.5, 0.6) is 0 Å². The van der Waals surface area contributed by atoms with Crippen molar-refractivity contribution in [2.45, 2.75) is 52.7 Å². The fourth-order valence-corrected chi connectivity index (χ4v) is 3.21. The van der Waals surface area contributed by atoms with Crippen LogP contribution in [0, 0.1) is 11.2 Å². The van der Waals surface area contributed by atoms with E-state index < -0.39 is 0 Å². The maximum Gasteiger partial charge on any atom is 0.137 e. The average Bonchev–Trinajstić information content (AvgIpc) is 2.57. The van der Waals surface area contributed by atoms with E-state index in [-0.39, 0.29) is 11.2 Å². The Balaban J connectivity index is 2.17. The maximum atomic E-state index is 13.7. The summed E-state index contributed by atoms with van der Waals surface area (Å²) in [6, 6.07) is 6.25. The summed E-state index contributed by atoms with van der Waals surface area (Å²) in [5, 5.41) is 3.67. The lowest BCUT2D eigenvalue weighted by Gasteiger charge is -2.35. The summed E-state index contributed by atoms with van der Waals surface area (Å²) in [6.45, 7) is 11.9. The standard InChI is InChI=1S/C17H26BrFN2/c1-12-8-9-20-15(17(2,3)4)11-21(12)10-13-6-5-7-14(19)16(13)18/h5-7,12,15,20H,8-11H2,1-4H3. The fraction of sp³-hybridized carbons (Fsp3) is 0.647. The van der Waals surface area contributed by atoms with Gasteiger partial charge in [-0.05, 0) is 52.9 Å². The van der Waals surface area contributed by atoms with Crippen molar-refractivity contribution in [2.24, 2.45) is 5.41 Å². The van der Waals surface area contributed by atoms with Gasteiger partial charge in [0.25, 0.3) is 0 Å². The number of halogens is 2. The molecule has 118 valence electrons. The lowest BCUT2D eigenvalue weighted by Crippen LogP contribution is -2.47. The van der Waals surface area contributed by atoms with E-state index in [0.717, 1.165) is 31.6 Å². The second-order valence-electron chi connectivity index (χ2n) is 7.15. The molecule has 1 aromatic carbocycles. The van der Waals surface area contributed by atoms with Crippen LogP contribution in [0.1, 0.15) is 39.7 Å². The van der Waals surface area contributed by atoms with E-state index >= 15 is 0 Å². The van der Waals surface area contributed by atoms with E-state index in [9.17, 15) is 4.39 Å². The van der Waals surface area contributed by atoms with Gasteiger partial charge in [-0.2, -0.15) is 0 Å². The van der Waals surface area contributed by atoms with Crippen molar-refractivity contribution in [3.05, 3.63) is 34.1 Å². The van der Waals surface area contributed by atoms with E-state index in [0.29, 0.717) is 16.6 Å². The molecule has 1 N–H and O–H groups in total. The molecule has 0 aliphatic carbocycles. The molecule has 2 nitrogen and oxygen atoms in total. The number of hydrogen-bond acceptors (Lipinski definition) is 2. The largest absolute Gasteiger partial charge is 0.312 e. The zero-order valence-corrected chi connectivity index (χ0v) is 15.0. The van der Waals surface area contributed by atoms with Crippen molar-refractivity contribution in [3.8, 4) is 0 Å². The van der Waals surface area contributed by atoms with Crippen LogP contribution in [-0.2, 0) is 6.54 Å². The first kappa shape index (κ1) is 16.9. The number of hydrogen-bond donors (Lipinski definition) is 1. The van der Waals surface area contributed by atoms with Gasteiger partial charge in [0, 0.05) is 25.2 Å². The molecule has 1 fully saturated rings. The molecule has 2 unspecified atom stereocenters. The maximum absolute atomic E-state index is 13.7. The highest BCUT2D eigenvalue weighted by Crippen LogP contribution is 2.27. The molecule has 0 aromatic heterocycles. The van der Waals surface area contributed by atoms with Gasteiger partial charge in [-0.15, -0.1) is 0 Å². The van der Waals surface area contributed by atoms with Gasteiger partial charge in [-0.25, -0.2) is 4.39 Å². The molecule has 1 saturated heterocycles. The van der Waals surface area contributed by atoms with E-state index in [1.165, 1.54) is 6.07 Å². The van der Waals surface area contributed by atoms with Crippen molar-refractivity contribution in [1.82, 2.24) is 10.2 Å². The summed E-state index contributed by atoms with van der Waals surface area (Å²) in [4.78, 5) is 2.47. The minimum Gasteiger partial charge on any atom is -0.312 e. The third-order valence-corrected chi connectivity index (χ3v) is 5.33. The Hall–Kier alpha value is -0.450. The van der Waals surface area contributed by atoms with Crippen LogP contribution in [-0.4, -0.2) is 30.1 Å². The molecular weight excluding hydrogens is 331 g/mol. The summed E-state index contributed by atoms with van der Waals surface area (Å²) in [5.74, 6) is -0.180. The Morgan fingerprint density at radius 1 is 1.38 bits per heavy atom. The predicted octanol–water partition coefficient (Wildman–Crippen LogP) is 4.19. The molecule has 1 aliphatic rings. The molecule has 0 spiro atoms. The first-order valence-electron chi connectivity index (χ1n) is 7.69. The molecule has 2 atom stereocenters. The number of nitrogens with one attached hydrogen (secondary N) is 1. The van der Waals surface area contributed by atoms with Gasteiger partial charge in [0.2, 0.25) is 0 Å². The summed E-state index contributed by atoms with van der Waals surface area (Å²) >= 11 is 3.38. The predicted molar refractivity (Wildman–Crippen MR) is 89.8 cm³/mol. The van der Waals surface area contributed by atoms with Gasteiger partial charge in [0.05, 0.1) is 4.47 Å². The van der Waals surface area contributed by atoms with Crippen molar-refractivity contribution in [1.29, 1.82) is 0 Å². The van der Waals surface area contributed by atoms with Crippen LogP contribution < -0.4 is 5.32 Å². The van der Waals surface area contributed by atoms with Crippen molar-refractivity contribution in [3.63, 3.8) is 0 Å². The highest BCUT2D eigenvalue weighted by Gasteiger charge is 2.30. The Morgan fingerprint density at radius 2 is 2.10 bits per heavy atom. The van der Waals surface area contributed by atoms with Crippen LogP contribution in [0.15, 0.2) is 22.7 Å². The zero-order chi connectivity index (χ0) is 15.6. The molecule has 0 amide bonds. The van der Waals surface area contributed by atoms with Gasteiger partial charge in [0.15, 0.2) is 0 Å². The Kier molecular flexibility index (Phi) is 5.44. The molecule has 1 aromatic rings. The molecular formula is C17H26BrFN2. The van der Waals surface area contributed by atoms with Crippen LogP contribution in [0.3, 0.4) is 0 Å². The van der Waals surface area contributed by atoms with Gasteiger partial charge in [0.1, 0.15) is 5.82 Å². The zero-order valence-electron chi connectivity index (χ0n) is 13.4. The molecule has 21 heavy (non-hydrogen) atoms. The van der Waals surface area contributed by atoms with E-state index in [1.54, 1.807) is 6.07 Å². The molecule has 2 rings (SSSR count). The minimum atomic E-state index is -0.180. The summed E-state index contributed by atoms with van der Waals surface area (Å²) in [6.07, 6.45) is 1.12. The Bertz CT molecular complexity index is 484. The van der Waals surface area contributed by atoms with Crippen LogP contribution >= 0.6 is 15.9 Å². The summed E-state index contributed by atoms with van der Waals surface area (Å²) < 4.78 is 14.3. The van der Waals surface area contributed by atoms with Gasteiger partial charge < -0.3 is 5.32 Å². The average molecular weight is 357 g/mol. The van der Waals surface area contributed by atoms with Crippen LogP contribution in [0.4, 0.5) is 4.39 Å². The lowest BCUT2D eigenvalue weighted by molar-refractivity contribution is 0.157. The highest BCUT2D eigenvalue weighted by molar-refractivity contribution is 9.10. The summed E-state index contributed by atoms with van der Waals surface area (Å²) in [5.41, 5.74) is 1.25. The molecule has 4 heteroatoms. The smallest absolute Gasteiger partial charge is 0.137 e. The summed E-state index contributed by atoms with van der Waals surface area (Å²) in [7, 11) is 0. The quantitative estimate of drug-likeness (QED) is 0.854. The number of rotatable bonds is 2. The van der Waals surface area contributed by atoms with E-state index in [1.807, 2.05) is 6.07 Å². The lowest BCUT2D eigenvalue weighted by atomic mass is 9.86. The monoisotopic (exact) mass is 356 g/mol. The van der Waals surface area contributed by atoms with Gasteiger partial charge in [-0.3, -0.25) is 4.90 Å². The fourth-order valence-electron chi connectivity index (χ4n) is 2.82. The van der Waals surface area contributed by atoms with Crippen molar-refractivity contribution in [2.75, 3.05) is 13.1 Å². The van der Waals surface area contributed by atoms with E-state index in [4.69, 9.17) is 0 Å². The third-order valence-electron chi connectivity index (χ3n) is 4.44. The van der Waals surface area contributed by atoms with Crippen molar-refractivity contribution >= 4 is 15.9 Å².